The first-order valence-corrected chi connectivity index (χ1v) is 11.4. The van der Waals surface area contributed by atoms with Crippen LogP contribution in [0.1, 0.15) is 36.6 Å². The fraction of sp³-hybridized carbons (Fsp3) is 0.409. The molecule has 0 unspecified atom stereocenters. The molecular weight excluding hydrogens is 404 g/mol. The molecule has 8 heteroatoms. The van der Waals surface area contributed by atoms with E-state index in [9.17, 15) is 13.2 Å². The van der Waals surface area contributed by atoms with Gasteiger partial charge in [0, 0.05) is 6.07 Å². The first-order valence-electron chi connectivity index (χ1n) is 9.58. The molecule has 2 aromatic rings. The lowest BCUT2D eigenvalue weighted by molar-refractivity contribution is -0.122. The van der Waals surface area contributed by atoms with Gasteiger partial charge in [0.1, 0.15) is 17.5 Å². The van der Waals surface area contributed by atoms with Crippen molar-refractivity contribution >= 4 is 21.6 Å². The van der Waals surface area contributed by atoms with Gasteiger partial charge in [0.2, 0.25) is 15.9 Å². The van der Waals surface area contributed by atoms with E-state index < -0.39 is 22.0 Å². The monoisotopic (exact) mass is 434 g/mol. The van der Waals surface area contributed by atoms with E-state index in [-0.39, 0.29) is 11.7 Å². The standard InChI is InChI=1S/C22H30N2O5S/c1-14-8-10-19(15(2)12-14)16(3)23-22(25)17(4)24(30(7,26)27)20-13-18(28-5)9-11-21(20)29-6/h8-13,16-17H,1-7H3,(H,23,25)/t16-,17-/m0/s1. The van der Waals surface area contributed by atoms with Crippen LogP contribution in [0.2, 0.25) is 0 Å². The zero-order valence-electron chi connectivity index (χ0n) is 18.5. The largest absolute Gasteiger partial charge is 0.497 e. The van der Waals surface area contributed by atoms with Crippen molar-refractivity contribution in [2.75, 3.05) is 24.8 Å². The quantitative estimate of drug-likeness (QED) is 0.689. The van der Waals surface area contributed by atoms with Gasteiger partial charge in [-0.25, -0.2) is 8.42 Å². The third-order valence-corrected chi connectivity index (χ3v) is 6.19. The molecule has 0 radical (unpaired) electrons. The van der Waals surface area contributed by atoms with Crippen molar-refractivity contribution in [3.63, 3.8) is 0 Å². The summed E-state index contributed by atoms with van der Waals surface area (Å²) in [5.74, 6) is 0.358. The maximum absolute atomic E-state index is 13.0. The van der Waals surface area contributed by atoms with Gasteiger partial charge in [0.15, 0.2) is 0 Å². The van der Waals surface area contributed by atoms with Crippen molar-refractivity contribution in [1.82, 2.24) is 5.32 Å². The number of carbonyl (C=O) groups is 1. The Bertz CT molecular complexity index is 1020. The van der Waals surface area contributed by atoms with Crippen molar-refractivity contribution in [2.24, 2.45) is 0 Å². The Morgan fingerprint density at radius 3 is 2.23 bits per heavy atom. The molecule has 0 aliphatic heterocycles. The highest BCUT2D eigenvalue weighted by atomic mass is 32.2. The number of nitrogens with zero attached hydrogens (tertiary/aromatic N) is 1. The van der Waals surface area contributed by atoms with Crippen LogP contribution in [-0.2, 0) is 14.8 Å². The number of benzene rings is 2. The highest BCUT2D eigenvalue weighted by Crippen LogP contribution is 2.35. The molecule has 0 aliphatic rings. The second-order valence-electron chi connectivity index (χ2n) is 7.36. The van der Waals surface area contributed by atoms with Gasteiger partial charge >= 0.3 is 0 Å². The number of hydrogen-bond acceptors (Lipinski definition) is 5. The van der Waals surface area contributed by atoms with Crippen molar-refractivity contribution in [3.8, 4) is 11.5 Å². The zero-order chi connectivity index (χ0) is 22.6. The minimum absolute atomic E-state index is 0.237. The Morgan fingerprint density at radius 2 is 1.70 bits per heavy atom. The molecule has 0 aromatic heterocycles. The lowest BCUT2D eigenvalue weighted by atomic mass is 10.00. The molecule has 1 N–H and O–H groups in total. The minimum Gasteiger partial charge on any atom is -0.497 e. The van der Waals surface area contributed by atoms with E-state index in [4.69, 9.17) is 9.47 Å². The topological polar surface area (TPSA) is 84.9 Å². The Hall–Kier alpha value is -2.74. The van der Waals surface area contributed by atoms with Gasteiger partial charge < -0.3 is 14.8 Å². The van der Waals surface area contributed by atoms with Crippen LogP contribution < -0.4 is 19.1 Å². The van der Waals surface area contributed by atoms with Crippen LogP contribution >= 0.6 is 0 Å². The molecule has 164 valence electrons. The number of methoxy groups -OCH3 is 2. The van der Waals surface area contributed by atoms with Gasteiger partial charge in [-0.2, -0.15) is 0 Å². The van der Waals surface area contributed by atoms with Crippen LogP contribution in [0.3, 0.4) is 0 Å². The van der Waals surface area contributed by atoms with Gasteiger partial charge in [-0.1, -0.05) is 23.8 Å². The predicted octanol–water partition coefficient (Wildman–Crippen LogP) is 3.35. The predicted molar refractivity (Wildman–Crippen MR) is 119 cm³/mol. The molecule has 7 nitrogen and oxygen atoms in total. The van der Waals surface area contributed by atoms with E-state index in [0.29, 0.717) is 11.5 Å². The Morgan fingerprint density at radius 1 is 1.03 bits per heavy atom. The average molecular weight is 435 g/mol. The SMILES string of the molecule is COc1ccc(OC)c(N([C@@H](C)C(=O)N[C@@H](C)c2ccc(C)cc2C)S(C)(=O)=O)c1. The molecule has 2 rings (SSSR count). The van der Waals surface area contributed by atoms with Gasteiger partial charge in [-0.15, -0.1) is 0 Å². The lowest BCUT2D eigenvalue weighted by Crippen LogP contribution is -2.48. The van der Waals surface area contributed by atoms with Crippen molar-refractivity contribution in [2.45, 2.75) is 39.8 Å². The molecular formula is C22H30N2O5S. The molecule has 0 heterocycles. The summed E-state index contributed by atoms with van der Waals surface area (Å²) >= 11 is 0. The molecule has 30 heavy (non-hydrogen) atoms. The summed E-state index contributed by atoms with van der Waals surface area (Å²) in [6, 6.07) is 9.52. The van der Waals surface area contributed by atoms with Gasteiger partial charge in [-0.3, -0.25) is 9.10 Å². The van der Waals surface area contributed by atoms with Crippen molar-refractivity contribution in [1.29, 1.82) is 0 Å². The number of hydrogen-bond donors (Lipinski definition) is 1. The molecule has 0 saturated carbocycles. The summed E-state index contributed by atoms with van der Waals surface area (Å²) in [5, 5.41) is 2.93. The molecule has 0 bridgehead atoms. The third-order valence-electron chi connectivity index (χ3n) is 4.96. The second-order valence-corrected chi connectivity index (χ2v) is 9.22. The summed E-state index contributed by atoms with van der Waals surface area (Å²) in [7, 11) is -0.870. The first-order chi connectivity index (χ1) is 14.0. The number of aryl methyl sites for hydroxylation is 2. The van der Waals surface area contributed by atoms with Crippen LogP contribution in [0, 0.1) is 13.8 Å². The maximum Gasteiger partial charge on any atom is 0.244 e. The molecule has 1 amide bonds. The second kappa shape index (κ2) is 9.38. The number of rotatable bonds is 8. The fourth-order valence-corrected chi connectivity index (χ4v) is 4.64. The molecule has 2 aromatic carbocycles. The van der Waals surface area contributed by atoms with E-state index in [0.717, 1.165) is 27.3 Å². The minimum atomic E-state index is -3.80. The fourth-order valence-electron chi connectivity index (χ4n) is 3.47. The number of carbonyl (C=O) groups excluding carboxylic acids is 1. The lowest BCUT2D eigenvalue weighted by Gasteiger charge is -2.30. The molecule has 0 aliphatic carbocycles. The van der Waals surface area contributed by atoms with Crippen LogP contribution in [0.4, 0.5) is 5.69 Å². The Balaban J connectivity index is 2.38. The van der Waals surface area contributed by atoms with Crippen molar-refractivity contribution < 1.29 is 22.7 Å². The van der Waals surface area contributed by atoms with Crippen LogP contribution in [-0.4, -0.2) is 40.8 Å². The normalized spacial score (nSPS) is 13.3. The summed E-state index contributed by atoms with van der Waals surface area (Å²) < 4.78 is 36.9. The van der Waals surface area contributed by atoms with Crippen LogP contribution in [0.15, 0.2) is 36.4 Å². The van der Waals surface area contributed by atoms with E-state index in [1.165, 1.54) is 20.3 Å². The maximum atomic E-state index is 13.0. The van der Waals surface area contributed by atoms with Crippen LogP contribution in [0.5, 0.6) is 11.5 Å². The zero-order valence-corrected chi connectivity index (χ0v) is 19.3. The van der Waals surface area contributed by atoms with Gasteiger partial charge in [-0.05, 0) is 51.0 Å². The Labute approximate surface area is 179 Å². The molecule has 2 atom stereocenters. The summed E-state index contributed by atoms with van der Waals surface area (Å²) in [4.78, 5) is 13.0. The highest BCUT2D eigenvalue weighted by molar-refractivity contribution is 7.92. The molecule has 0 spiro atoms. The average Bonchev–Trinajstić information content (AvgIpc) is 2.66. The third kappa shape index (κ3) is 5.24. The summed E-state index contributed by atoms with van der Waals surface area (Å²) in [5.41, 5.74) is 3.41. The summed E-state index contributed by atoms with van der Waals surface area (Å²) in [6.45, 7) is 7.41. The van der Waals surface area contributed by atoms with Gasteiger partial charge in [0.05, 0.1) is 32.2 Å². The Kier molecular flexibility index (Phi) is 7.36. The van der Waals surface area contributed by atoms with E-state index in [1.54, 1.807) is 19.1 Å². The number of amides is 1. The number of nitrogens with one attached hydrogen (secondary N) is 1. The first kappa shape index (κ1) is 23.5. The number of ether oxygens (including phenoxy) is 2. The molecule has 0 fully saturated rings. The number of anilines is 1. The molecule has 0 saturated heterocycles. The van der Waals surface area contributed by atoms with Gasteiger partial charge in [0.25, 0.3) is 0 Å². The number of sulfonamides is 1. The smallest absolute Gasteiger partial charge is 0.244 e. The van der Waals surface area contributed by atoms with E-state index in [1.807, 2.05) is 39.0 Å². The van der Waals surface area contributed by atoms with Crippen LogP contribution in [0.25, 0.3) is 0 Å². The van der Waals surface area contributed by atoms with E-state index >= 15 is 0 Å². The van der Waals surface area contributed by atoms with Crippen molar-refractivity contribution in [3.05, 3.63) is 53.1 Å². The highest BCUT2D eigenvalue weighted by Gasteiger charge is 2.32. The van der Waals surface area contributed by atoms with E-state index in [2.05, 4.69) is 5.32 Å². The summed E-state index contributed by atoms with van der Waals surface area (Å²) in [6.07, 6.45) is 1.06.